The van der Waals surface area contributed by atoms with Gasteiger partial charge in [0.25, 0.3) is 11.5 Å². The quantitative estimate of drug-likeness (QED) is 0.355. The first-order chi connectivity index (χ1) is 16.5. The third-order valence-corrected chi connectivity index (χ3v) is 7.27. The van der Waals surface area contributed by atoms with E-state index in [1.165, 1.54) is 15.9 Å². The van der Waals surface area contributed by atoms with Gasteiger partial charge in [-0.2, -0.15) is 9.50 Å². The zero-order valence-electron chi connectivity index (χ0n) is 17.9. The van der Waals surface area contributed by atoms with Crippen molar-refractivity contribution < 1.29 is 4.79 Å². The van der Waals surface area contributed by atoms with Crippen LogP contribution in [0, 0.1) is 6.92 Å². The first-order valence-corrected chi connectivity index (χ1v) is 12.1. The molecule has 34 heavy (non-hydrogen) atoms. The van der Waals surface area contributed by atoms with Crippen LogP contribution < -0.4 is 15.0 Å². The van der Waals surface area contributed by atoms with Crippen LogP contribution in [0.3, 0.4) is 0 Å². The summed E-state index contributed by atoms with van der Waals surface area (Å²) in [5.41, 5.74) is 4.42. The van der Waals surface area contributed by atoms with Gasteiger partial charge in [0, 0.05) is 28.0 Å². The van der Waals surface area contributed by atoms with Crippen LogP contribution in [0.2, 0.25) is 0 Å². The number of nitrogens with zero attached hydrogens (tertiary/aromatic N) is 5. The molecule has 1 aliphatic heterocycles. The van der Waals surface area contributed by atoms with Crippen molar-refractivity contribution in [3.63, 3.8) is 0 Å². The molecule has 5 aromatic rings. The van der Waals surface area contributed by atoms with Gasteiger partial charge in [-0.1, -0.05) is 57.1 Å². The summed E-state index contributed by atoms with van der Waals surface area (Å²) in [6.07, 6.45) is 3.32. The number of aryl methyl sites for hydroxylation is 1. The molecular formula is C25H16BrN5O2S. The van der Waals surface area contributed by atoms with Crippen LogP contribution in [-0.2, 0) is 11.3 Å². The second-order valence-corrected chi connectivity index (χ2v) is 9.91. The van der Waals surface area contributed by atoms with E-state index in [1.807, 2.05) is 55.5 Å². The van der Waals surface area contributed by atoms with E-state index in [0.717, 1.165) is 32.4 Å². The number of benzene rings is 2. The minimum absolute atomic E-state index is 0.206. The lowest BCUT2D eigenvalue weighted by atomic mass is 10.1. The third-order valence-electron chi connectivity index (χ3n) is 5.74. The zero-order valence-corrected chi connectivity index (χ0v) is 20.3. The maximum Gasteiger partial charge on any atom is 0.291 e. The van der Waals surface area contributed by atoms with Gasteiger partial charge in [0.05, 0.1) is 17.8 Å². The number of amides is 1. The van der Waals surface area contributed by atoms with Crippen molar-refractivity contribution >= 4 is 49.4 Å². The Morgan fingerprint density at radius 3 is 2.62 bits per heavy atom. The van der Waals surface area contributed by atoms with Crippen molar-refractivity contribution in [1.82, 2.24) is 19.6 Å². The van der Waals surface area contributed by atoms with Gasteiger partial charge in [-0.25, -0.2) is 0 Å². The standard InChI is InChI=1S/C25H16BrN5O2S/c1-14-4-6-15(7-5-14)13-30-19-9-8-17(26)11-18(19)20(23(30)32)21-24(33)31-25(34-21)28-22(29-31)16-3-2-10-27-12-16/h2-12H,13H2,1H3. The smallest absolute Gasteiger partial charge is 0.291 e. The fourth-order valence-electron chi connectivity index (χ4n) is 4.06. The Morgan fingerprint density at radius 1 is 1.06 bits per heavy atom. The van der Waals surface area contributed by atoms with Crippen molar-refractivity contribution in [3.8, 4) is 11.4 Å². The van der Waals surface area contributed by atoms with E-state index < -0.39 is 0 Å². The summed E-state index contributed by atoms with van der Waals surface area (Å²) in [6.45, 7) is 2.44. The highest BCUT2D eigenvalue weighted by Crippen LogP contribution is 2.38. The lowest BCUT2D eigenvalue weighted by Crippen LogP contribution is -2.32. The molecule has 9 heteroatoms. The molecule has 0 bridgehead atoms. The number of hydrogen-bond acceptors (Lipinski definition) is 6. The predicted octanol–water partition coefficient (Wildman–Crippen LogP) is 3.75. The molecule has 3 aromatic heterocycles. The number of thiazole rings is 1. The fourth-order valence-corrected chi connectivity index (χ4v) is 5.42. The van der Waals surface area contributed by atoms with Crippen LogP contribution >= 0.6 is 27.3 Å². The number of aromatic nitrogens is 4. The lowest BCUT2D eigenvalue weighted by Gasteiger charge is -2.17. The molecule has 1 aliphatic rings. The SMILES string of the molecule is Cc1ccc(CN2C(=O)C(=c3sc4nc(-c5cccnc5)nn4c3=O)c3cc(Br)ccc32)cc1. The second-order valence-electron chi connectivity index (χ2n) is 8.02. The molecule has 166 valence electrons. The van der Waals surface area contributed by atoms with Crippen molar-refractivity contribution in [2.24, 2.45) is 0 Å². The van der Waals surface area contributed by atoms with Crippen LogP contribution in [0.1, 0.15) is 16.7 Å². The van der Waals surface area contributed by atoms with E-state index in [-0.39, 0.29) is 11.5 Å². The Labute approximate surface area is 206 Å². The largest absolute Gasteiger partial charge is 0.303 e. The van der Waals surface area contributed by atoms with Crippen LogP contribution in [-0.4, -0.2) is 25.5 Å². The Balaban J connectivity index is 1.51. The van der Waals surface area contributed by atoms with Crippen LogP contribution in [0.5, 0.6) is 0 Å². The Morgan fingerprint density at radius 2 is 1.88 bits per heavy atom. The average molecular weight is 530 g/mol. The molecule has 0 saturated carbocycles. The molecule has 0 radical (unpaired) electrons. The lowest BCUT2D eigenvalue weighted by molar-refractivity contribution is -0.113. The van der Waals surface area contributed by atoms with E-state index in [2.05, 4.69) is 31.0 Å². The van der Waals surface area contributed by atoms with E-state index in [9.17, 15) is 9.59 Å². The molecule has 0 unspecified atom stereocenters. The van der Waals surface area contributed by atoms with Gasteiger partial charge in [0.2, 0.25) is 4.96 Å². The van der Waals surface area contributed by atoms with E-state index in [1.54, 1.807) is 23.4 Å². The van der Waals surface area contributed by atoms with Crippen LogP contribution in [0.25, 0.3) is 21.9 Å². The summed E-state index contributed by atoms with van der Waals surface area (Å²) in [5.74, 6) is 0.220. The van der Waals surface area contributed by atoms with Gasteiger partial charge in [-0.15, -0.1) is 5.10 Å². The number of pyridine rings is 1. The van der Waals surface area contributed by atoms with Crippen molar-refractivity contribution in [1.29, 1.82) is 0 Å². The molecule has 0 saturated heterocycles. The maximum atomic E-state index is 13.7. The number of fused-ring (bicyclic) bond motifs is 2. The zero-order chi connectivity index (χ0) is 23.4. The summed E-state index contributed by atoms with van der Waals surface area (Å²) < 4.78 is 2.44. The molecule has 0 N–H and O–H groups in total. The molecule has 6 rings (SSSR count). The summed E-state index contributed by atoms with van der Waals surface area (Å²) >= 11 is 4.68. The van der Waals surface area contributed by atoms with Crippen LogP contribution in [0.15, 0.2) is 76.3 Å². The Hall–Kier alpha value is -3.69. The molecule has 0 aliphatic carbocycles. The van der Waals surface area contributed by atoms with Gasteiger partial charge in [0.15, 0.2) is 5.82 Å². The number of carbonyl (C=O) groups is 1. The van der Waals surface area contributed by atoms with Crippen LogP contribution in [0.4, 0.5) is 5.69 Å². The van der Waals surface area contributed by atoms with Crippen molar-refractivity contribution in [2.75, 3.05) is 4.90 Å². The fraction of sp³-hybridized carbons (Fsp3) is 0.0800. The first-order valence-electron chi connectivity index (χ1n) is 10.5. The number of carbonyl (C=O) groups excluding carboxylic acids is 1. The monoisotopic (exact) mass is 529 g/mol. The molecular weight excluding hydrogens is 514 g/mol. The third kappa shape index (κ3) is 3.36. The average Bonchev–Trinajstić information content (AvgIpc) is 3.47. The molecule has 0 spiro atoms. The minimum atomic E-state index is -0.353. The number of halogens is 1. The first kappa shape index (κ1) is 20.9. The molecule has 2 aromatic carbocycles. The van der Waals surface area contributed by atoms with E-state index in [0.29, 0.717) is 27.4 Å². The predicted molar refractivity (Wildman–Crippen MR) is 135 cm³/mol. The molecule has 7 nitrogen and oxygen atoms in total. The normalized spacial score (nSPS) is 14.8. The molecule has 0 fully saturated rings. The second kappa shape index (κ2) is 7.96. The Bertz CT molecular complexity index is 1690. The summed E-state index contributed by atoms with van der Waals surface area (Å²) in [7, 11) is 0. The molecule has 0 atom stereocenters. The van der Waals surface area contributed by atoms with Gasteiger partial charge < -0.3 is 4.90 Å². The topological polar surface area (TPSA) is 80.5 Å². The summed E-state index contributed by atoms with van der Waals surface area (Å²) in [6, 6.07) is 17.4. The van der Waals surface area contributed by atoms with E-state index in [4.69, 9.17) is 0 Å². The Kier molecular flexibility index (Phi) is 4.89. The van der Waals surface area contributed by atoms with Crippen molar-refractivity contribution in [3.05, 3.63) is 103 Å². The van der Waals surface area contributed by atoms with Gasteiger partial charge in [-0.05, 0) is 42.8 Å². The van der Waals surface area contributed by atoms with Gasteiger partial charge in [-0.3, -0.25) is 14.6 Å². The molecule has 1 amide bonds. The van der Waals surface area contributed by atoms with E-state index >= 15 is 0 Å². The highest BCUT2D eigenvalue weighted by atomic mass is 79.9. The summed E-state index contributed by atoms with van der Waals surface area (Å²) in [5, 5.41) is 4.38. The highest BCUT2D eigenvalue weighted by Gasteiger charge is 2.34. The highest BCUT2D eigenvalue weighted by molar-refractivity contribution is 9.10. The van der Waals surface area contributed by atoms with Gasteiger partial charge >= 0.3 is 0 Å². The summed E-state index contributed by atoms with van der Waals surface area (Å²) in [4.78, 5) is 37.8. The minimum Gasteiger partial charge on any atom is -0.303 e. The number of rotatable bonds is 3. The maximum absolute atomic E-state index is 13.7. The number of hydrogen-bond donors (Lipinski definition) is 0. The molecule has 4 heterocycles. The number of anilines is 1. The van der Waals surface area contributed by atoms with Crippen molar-refractivity contribution in [2.45, 2.75) is 13.5 Å². The van der Waals surface area contributed by atoms with Gasteiger partial charge in [0.1, 0.15) is 4.53 Å².